The highest BCUT2D eigenvalue weighted by atomic mass is 16.5. The summed E-state index contributed by atoms with van der Waals surface area (Å²) in [7, 11) is 0. The molecule has 0 aliphatic carbocycles. The van der Waals surface area contributed by atoms with E-state index in [1.807, 2.05) is 6.92 Å². The van der Waals surface area contributed by atoms with Crippen LogP contribution in [-0.4, -0.2) is 17.0 Å². The Morgan fingerprint density at radius 3 is 2.48 bits per heavy atom. The highest BCUT2D eigenvalue weighted by Crippen LogP contribution is 2.32. The van der Waals surface area contributed by atoms with E-state index in [9.17, 15) is 14.7 Å². The number of nitrogens with one attached hydrogen (secondary N) is 1. The van der Waals surface area contributed by atoms with Gasteiger partial charge in [0.2, 0.25) is 5.91 Å². The minimum atomic E-state index is -1.07. The maximum Gasteiger partial charge on any atom is 0.339 e. The van der Waals surface area contributed by atoms with Crippen LogP contribution in [0.25, 0.3) is 0 Å². The summed E-state index contributed by atoms with van der Waals surface area (Å²) in [5, 5.41) is 11.8. The lowest BCUT2D eigenvalue weighted by Crippen LogP contribution is -2.07. The van der Waals surface area contributed by atoms with Crippen molar-refractivity contribution < 1.29 is 19.4 Å². The predicted octanol–water partition coefficient (Wildman–Crippen LogP) is 3.44. The van der Waals surface area contributed by atoms with Crippen LogP contribution in [0.15, 0.2) is 42.5 Å². The molecule has 1 amide bonds. The number of hydrogen-bond acceptors (Lipinski definition) is 3. The number of benzene rings is 2. The van der Waals surface area contributed by atoms with E-state index in [2.05, 4.69) is 5.32 Å². The number of ether oxygens (including phenoxy) is 1. The van der Waals surface area contributed by atoms with Crippen LogP contribution in [0.4, 0.5) is 5.69 Å². The number of carboxylic acid groups (broad SMARTS) is 1. The zero-order valence-corrected chi connectivity index (χ0v) is 11.7. The molecular formula is C16H15NO4. The van der Waals surface area contributed by atoms with Crippen LogP contribution >= 0.6 is 0 Å². The van der Waals surface area contributed by atoms with Gasteiger partial charge in [-0.1, -0.05) is 18.2 Å². The van der Waals surface area contributed by atoms with Gasteiger partial charge in [-0.05, 0) is 36.8 Å². The van der Waals surface area contributed by atoms with E-state index in [4.69, 9.17) is 4.74 Å². The summed E-state index contributed by atoms with van der Waals surface area (Å²) in [6, 6.07) is 11.7. The van der Waals surface area contributed by atoms with Crippen LogP contribution in [-0.2, 0) is 4.79 Å². The minimum Gasteiger partial charge on any atom is -0.478 e. The Kier molecular flexibility index (Phi) is 4.23. The summed E-state index contributed by atoms with van der Waals surface area (Å²) in [5.41, 5.74) is 1.44. The van der Waals surface area contributed by atoms with Gasteiger partial charge in [0.1, 0.15) is 11.3 Å². The van der Waals surface area contributed by atoms with Crippen LogP contribution in [0.1, 0.15) is 22.8 Å². The predicted molar refractivity (Wildman–Crippen MR) is 79.0 cm³/mol. The Labute approximate surface area is 122 Å². The Morgan fingerprint density at radius 2 is 1.81 bits per heavy atom. The molecule has 0 saturated carbocycles. The number of carbonyl (C=O) groups is 2. The molecule has 0 aliphatic rings. The maximum absolute atomic E-state index is 11.2. The first-order chi connectivity index (χ1) is 9.97. The summed E-state index contributed by atoms with van der Waals surface area (Å²) in [4.78, 5) is 22.4. The fourth-order valence-corrected chi connectivity index (χ4v) is 1.86. The van der Waals surface area contributed by atoms with Crippen molar-refractivity contribution in [3.63, 3.8) is 0 Å². The number of anilines is 1. The van der Waals surface area contributed by atoms with E-state index in [0.29, 0.717) is 11.4 Å². The average Bonchev–Trinajstić information content (AvgIpc) is 2.40. The van der Waals surface area contributed by atoms with Gasteiger partial charge in [-0.15, -0.1) is 0 Å². The molecule has 2 N–H and O–H groups in total. The molecule has 5 nitrogen and oxygen atoms in total. The van der Waals surface area contributed by atoms with Gasteiger partial charge in [0, 0.05) is 6.92 Å². The van der Waals surface area contributed by atoms with E-state index >= 15 is 0 Å². The highest BCUT2D eigenvalue weighted by molar-refractivity contribution is 5.92. The van der Waals surface area contributed by atoms with Gasteiger partial charge in [-0.3, -0.25) is 4.79 Å². The molecule has 0 radical (unpaired) electrons. The van der Waals surface area contributed by atoms with E-state index in [1.165, 1.54) is 13.0 Å². The number of amides is 1. The van der Waals surface area contributed by atoms with Gasteiger partial charge in [0.05, 0.1) is 5.69 Å². The summed E-state index contributed by atoms with van der Waals surface area (Å²) in [6.45, 7) is 3.24. The fourth-order valence-electron chi connectivity index (χ4n) is 1.86. The summed E-state index contributed by atoms with van der Waals surface area (Å²) < 4.78 is 5.69. The van der Waals surface area contributed by atoms with Crippen molar-refractivity contribution in [1.29, 1.82) is 0 Å². The van der Waals surface area contributed by atoms with Gasteiger partial charge >= 0.3 is 5.97 Å². The number of carbonyl (C=O) groups excluding carboxylic acids is 1. The molecule has 108 valence electrons. The van der Waals surface area contributed by atoms with Crippen molar-refractivity contribution in [3.8, 4) is 11.5 Å². The molecule has 2 aromatic carbocycles. The second-order valence-corrected chi connectivity index (χ2v) is 4.58. The summed E-state index contributed by atoms with van der Waals surface area (Å²) >= 11 is 0. The summed E-state index contributed by atoms with van der Waals surface area (Å²) in [5.74, 6) is -0.670. The third kappa shape index (κ3) is 3.60. The van der Waals surface area contributed by atoms with Gasteiger partial charge in [-0.2, -0.15) is 0 Å². The van der Waals surface area contributed by atoms with Crippen LogP contribution in [0, 0.1) is 6.92 Å². The molecule has 5 heteroatoms. The van der Waals surface area contributed by atoms with Gasteiger partial charge in [-0.25, -0.2) is 4.79 Å². The van der Waals surface area contributed by atoms with Crippen molar-refractivity contribution in [2.45, 2.75) is 13.8 Å². The minimum absolute atomic E-state index is 0.0678. The largest absolute Gasteiger partial charge is 0.478 e. The molecule has 0 atom stereocenters. The Balaban J connectivity index is 2.40. The van der Waals surface area contributed by atoms with Gasteiger partial charge < -0.3 is 15.2 Å². The lowest BCUT2D eigenvalue weighted by molar-refractivity contribution is -0.114. The maximum atomic E-state index is 11.2. The lowest BCUT2D eigenvalue weighted by Gasteiger charge is -2.13. The molecule has 0 bridgehead atoms. The van der Waals surface area contributed by atoms with Crippen LogP contribution < -0.4 is 10.1 Å². The number of aryl methyl sites for hydroxylation is 1. The molecule has 0 saturated heterocycles. The molecule has 0 fully saturated rings. The zero-order valence-electron chi connectivity index (χ0n) is 11.7. The highest BCUT2D eigenvalue weighted by Gasteiger charge is 2.14. The second-order valence-electron chi connectivity index (χ2n) is 4.58. The molecule has 2 aromatic rings. The molecule has 2 rings (SSSR count). The van der Waals surface area contributed by atoms with Crippen LogP contribution in [0.2, 0.25) is 0 Å². The van der Waals surface area contributed by atoms with Gasteiger partial charge in [0.15, 0.2) is 5.75 Å². The Morgan fingerprint density at radius 1 is 1.10 bits per heavy atom. The van der Waals surface area contributed by atoms with E-state index in [1.54, 1.807) is 36.4 Å². The van der Waals surface area contributed by atoms with E-state index < -0.39 is 5.97 Å². The lowest BCUT2D eigenvalue weighted by atomic mass is 10.1. The van der Waals surface area contributed by atoms with E-state index in [0.717, 1.165) is 5.56 Å². The smallest absolute Gasteiger partial charge is 0.339 e. The Hall–Kier alpha value is -2.82. The SMILES string of the molecule is CC(=O)Nc1ccccc1Oc1cc(C)ccc1C(=O)O. The van der Waals surface area contributed by atoms with Crippen molar-refractivity contribution >= 4 is 17.6 Å². The fraction of sp³-hybridized carbons (Fsp3) is 0.125. The second kappa shape index (κ2) is 6.09. The quantitative estimate of drug-likeness (QED) is 0.902. The first kappa shape index (κ1) is 14.6. The first-order valence-corrected chi connectivity index (χ1v) is 6.36. The van der Waals surface area contributed by atoms with E-state index in [-0.39, 0.29) is 17.2 Å². The number of aromatic carboxylic acids is 1. The van der Waals surface area contributed by atoms with Crippen molar-refractivity contribution in [2.24, 2.45) is 0 Å². The molecule has 0 spiro atoms. The average molecular weight is 285 g/mol. The third-order valence-corrected chi connectivity index (χ3v) is 2.79. The molecule has 0 aliphatic heterocycles. The molecule has 0 unspecified atom stereocenters. The number of hydrogen-bond donors (Lipinski definition) is 2. The normalized spacial score (nSPS) is 10.0. The molecule has 0 aromatic heterocycles. The van der Waals surface area contributed by atoms with Crippen LogP contribution in [0.3, 0.4) is 0 Å². The topological polar surface area (TPSA) is 75.6 Å². The van der Waals surface area contributed by atoms with Crippen LogP contribution in [0.5, 0.6) is 11.5 Å². The first-order valence-electron chi connectivity index (χ1n) is 6.36. The number of carboxylic acids is 1. The number of para-hydroxylation sites is 2. The molecular weight excluding hydrogens is 270 g/mol. The zero-order chi connectivity index (χ0) is 15.4. The summed E-state index contributed by atoms with van der Waals surface area (Å²) in [6.07, 6.45) is 0. The molecule has 0 heterocycles. The van der Waals surface area contributed by atoms with Crippen molar-refractivity contribution in [1.82, 2.24) is 0 Å². The monoisotopic (exact) mass is 285 g/mol. The van der Waals surface area contributed by atoms with Gasteiger partial charge in [0.25, 0.3) is 0 Å². The third-order valence-electron chi connectivity index (χ3n) is 2.79. The number of rotatable bonds is 4. The van der Waals surface area contributed by atoms with Crippen molar-refractivity contribution in [2.75, 3.05) is 5.32 Å². The molecule has 21 heavy (non-hydrogen) atoms. The Bertz CT molecular complexity index is 694. The van der Waals surface area contributed by atoms with Crippen molar-refractivity contribution in [3.05, 3.63) is 53.6 Å². The standard InChI is InChI=1S/C16H15NO4/c1-10-7-8-12(16(19)20)15(9-10)21-14-6-4-3-5-13(14)17-11(2)18/h3-9H,1-2H3,(H,17,18)(H,19,20).